The van der Waals surface area contributed by atoms with Crippen LogP contribution in [-0.2, 0) is 6.42 Å². The van der Waals surface area contributed by atoms with Crippen molar-refractivity contribution in [2.24, 2.45) is 0 Å². The number of aliphatic hydroxyl groups is 1. The lowest BCUT2D eigenvalue weighted by molar-refractivity contribution is 0.00750. The molecule has 1 aromatic carbocycles. The molecule has 3 heterocycles. The molecule has 1 saturated heterocycles. The predicted molar refractivity (Wildman–Crippen MR) is 93.8 cm³/mol. The number of piperidine rings is 1. The first-order valence-corrected chi connectivity index (χ1v) is 8.89. The summed E-state index contributed by atoms with van der Waals surface area (Å²) in [6.07, 6.45) is 5.53. The molecule has 0 bridgehead atoms. The number of benzene rings is 1. The number of likely N-dealkylation sites (tertiary alicyclic amines) is 1. The largest absolute Gasteiger partial charge is 0.489 e. The Balaban J connectivity index is 1.37. The first-order valence-electron chi connectivity index (χ1n) is 8.89. The molecule has 6 nitrogen and oxygen atoms in total. The number of aromatic nitrogens is 2. The Kier molecular flexibility index (Phi) is 4.55. The fraction of sp³-hybridized carbons (Fsp3) is 0.474. The zero-order chi connectivity index (χ0) is 17.2. The second-order valence-corrected chi connectivity index (χ2v) is 6.88. The molecule has 0 saturated carbocycles. The van der Waals surface area contributed by atoms with Crippen LogP contribution in [-0.4, -0.2) is 51.4 Å². The highest BCUT2D eigenvalue weighted by Gasteiger charge is 2.31. The van der Waals surface area contributed by atoms with Gasteiger partial charge in [0.05, 0.1) is 12.1 Å². The number of hydrogen-bond acceptors (Lipinski definition) is 5. The summed E-state index contributed by atoms with van der Waals surface area (Å²) in [5, 5.41) is 10.5. The van der Waals surface area contributed by atoms with E-state index in [1.165, 1.54) is 11.8 Å². The van der Waals surface area contributed by atoms with Gasteiger partial charge in [-0.2, -0.15) is 0 Å². The van der Waals surface area contributed by atoms with Gasteiger partial charge in [0.2, 0.25) is 0 Å². The second kappa shape index (κ2) is 6.98. The van der Waals surface area contributed by atoms with Gasteiger partial charge in [-0.1, -0.05) is 18.2 Å². The first kappa shape index (κ1) is 16.3. The molecule has 25 heavy (non-hydrogen) atoms. The molecule has 1 N–H and O–H groups in total. The van der Waals surface area contributed by atoms with Gasteiger partial charge in [0.25, 0.3) is 0 Å². The molecule has 2 aliphatic heterocycles. The molecule has 1 unspecified atom stereocenters. The summed E-state index contributed by atoms with van der Waals surface area (Å²) < 4.78 is 7.66. The molecule has 2 aromatic rings. The fourth-order valence-electron chi connectivity index (χ4n) is 3.89. The van der Waals surface area contributed by atoms with Gasteiger partial charge < -0.3 is 9.84 Å². The third-order valence-corrected chi connectivity index (χ3v) is 5.19. The van der Waals surface area contributed by atoms with Gasteiger partial charge in [0.1, 0.15) is 11.9 Å². The van der Waals surface area contributed by atoms with Crippen molar-refractivity contribution < 1.29 is 9.84 Å². The maximum Gasteiger partial charge on any atom is 0.347 e. The van der Waals surface area contributed by atoms with Crippen LogP contribution in [0.25, 0.3) is 0 Å². The van der Waals surface area contributed by atoms with E-state index in [4.69, 9.17) is 4.74 Å². The van der Waals surface area contributed by atoms with Gasteiger partial charge in [-0.15, -0.1) is 0 Å². The normalized spacial score (nSPS) is 26.7. The van der Waals surface area contributed by atoms with Crippen molar-refractivity contribution in [3.05, 3.63) is 58.8 Å². The van der Waals surface area contributed by atoms with Crippen LogP contribution in [0.2, 0.25) is 0 Å². The lowest BCUT2D eigenvalue weighted by Crippen LogP contribution is -2.49. The second-order valence-electron chi connectivity index (χ2n) is 6.88. The highest BCUT2D eigenvalue weighted by molar-refractivity contribution is 5.35. The van der Waals surface area contributed by atoms with Crippen LogP contribution in [0.15, 0.2) is 47.5 Å². The van der Waals surface area contributed by atoms with E-state index in [0.717, 1.165) is 38.1 Å². The minimum Gasteiger partial charge on any atom is -0.489 e. The Morgan fingerprint density at radius 1 is 1.24 bits per heavy atom. The summed E-state index contributed by atoms with van der Waals surface area (Å²) in [7, 11) is 0. The van der Waals surface area contributed by atoms with Crippen molar-refractivity contribution in [3.63, 3.8) is 0 Å². The van der Waals surface area contributed by atoms with E-state index in [1.54, 1.807) is 16.8 Å². The summed E-state index contributed by atoms with van der Waals surface area (Å²) in [5.74, 6) is 0.982. The zero-order valence-corrected chi connectivity index (χ0v) is 14.1. The van der Waals surface area contributed by atoms with E-state index >= 15 is 0 Å². The highest BCUT2D eigenvalue weighted by Crippen LogP contribution is 2.28. The first-order chi connectivity index (χ1) is 12.2. The summed E-state index contributed by atoms with van der Waals surface area (Å²) in [6.45, 7) is 2.19. The van der Waals surface area contributed by atoms with Crippen molar-refractivity contribution in [1.29, 1.82) is 0 Å². The van der Waals surface area contributed by atoms with Crippen LogP contribution in [0.5, 0.6) is 5.75 Å². The molecule has 1 aromatic heterocycles. The van der Waals surface area contributed by atoms with Crippen LogP contribution >= 0.6 is 0 Å². The number of hydrogen-bond donors (Lipinski definition) is 1. The zero-order valence-electron chi connectivity index (χ0n) is 14.1. The number of nitrogens with zero attached hydrogens (tertiary/aromatic N) is 3. The molecule has 4 rings (SSSR count). The fourth-order valence-corrected chi connectivity index (χ4v) is 3.89. The monoisotopic (exact) mass is 341 g/mol. The molecule has 0 spiro atoms. The summed E-state index contributed by atoms with van der Waals surface area (Å²) in [5.41, 5.74) is 0.973. The Hall–Kier alpha value is -2.18. The molecular weight excluding hydrogens is 318 g/mol. The van der Waals surface area contributed by atoms with E-state index in [0.29, 0.717) is 6.54 Å². The third kappa shape index (κ3) is 3.45. The van der Waals surface area contributed by atoms with E-state index in [-0.39, 0.29) is 17.8 Å². The number of rotatable bonds is 3. The lowest BCUT2D eigenvalue weighted by atomic mass is 9.99. The molecule has 0 amide bonds. The van der Waals surface area contributed by atoms with Crippen molar-refractivity contribution >= 4 is 0 Å². The Morgan fingerprint density at radius 3 is 2.96 bits per heavy atom. The van der Waals surface area contributed by atoms with Gasteiger partial charge in [-0.05, 0) is 37.0 Å². The number of fused-ring (bicyclic) bond motifs is 1. The summed E-state index contributed by atoms with van der Waals surface area (Å²) in [4.78, 5) is 17.9. The van der Waals surface area contributed by atoms with Crippen LogP contribution in [0.3, 0.4) is 0 Å². The Morgan fingerprint density at radius 2 is 2.12 bits per heavy atom. The molecule has 132 valence electrons. The highest BCUT2D eigenvalue weighted by atomic mass is 16.5. The van der Waals surface area contributed by atoms with Crippen LogP contribution in [0, 0.1) is 0 Å². The maximum atomic E-state index is 11.9. The summed E-state index contributed by atoms with van der Waals surface area (Å²) >= 11 is 0. The number of β-amino-alcohol motifs (C(OH)–C–C–N with tert-alkyl or cyclic N) is 1. The standard InChI is InChI=1S/C19H23N3O3/c23-17-13-21(11-8-16(17)22-10-3-9-20-19(22)24)12-15-7-6-14-4-1-2-5-18(14)25-15/h1-5,9-10,15-17,23H,6-8,11-13H2/t15?,16-,17+/m1/s1. The van der Waals surface area contributed by atoms with Crippen molar-refractivity contribution in [2.45, 2.75) is 37.5 Å². The number of ether oxygens (including phenoxy) is 1. The SMILES string of the molecule is O=c1ncccn1[C@@H]1CCN(CC2CCc3ccccc3O2)C[C@@H]1O. The maximum absolute atomic E-state index is 11.9. The minimum absolute atomic E-state index is 0.153. The molecule has 2 aliphatic rings. The van der Waals surface area contributed by atoms with Crippen molar-refractivity contribution in [1.82, 2.24) is 14.5 Å². The van der Waals surface area contributed by atoms with Gasteiger partial charge in [0, 0.05) is 32.0 Å². The Labute approximate surface area is 146 Å². The Bertz CT molecular complexity index is 791. The third-order valence-electron chi connectivity index (χ3n) is 5.19. The number of aryl methyl sites for hydroxylation is 1. The van der Waals surface area contributed by atoms with Crippen LogP contribution < -0.4 is 10.4 Å². The molecule has 0 aliphatic carbocycles. The average molecular weight is 341 g/mol. The van der Waals surface area contributed by atoms with Gasteiger partial charge in [-0.3, -0.25) is 9.47 Å². The lowest BCUT2D eigenvalue weighted by Gasteiger charge is -2.38. The predicted octanol–water partition coefficient (Wildman–Crippen LogP) is 1.24. The average Bonchev–Trinajstić information content (AvgIpc) is 2.63. The topological polar surface area (TPSA) is 67.6 Å². The number of aliphatic hydroxyl groups excluding tert-OH is 1. The van der Waals surface area contributed by atoms with Gasteiger partial charge in [-0.25, -0.2) is 9.78 Å². The summed E-state index contributed by atoms with van der Waals surface area (Å²) in [6, 6.07) is 9.72. The van der Waals surface area contributed by atoms with Gasteiger partial charge in [0.15, 0.2) is 0 Å². The molecule has 6 heteroatoms. The molecule has 0 radical (unpaired) electrons. The number of para-hydroxylation sites is 1. The van der Waals surface area contributed by atoms with Crippen LogP contribution in [0.4, 0.5) is 0 Å². The van der Waals surface area contributed by atoms with E-state index in [1.807, 2.05) is 18.2 Å². The van der Waals surface area contributed by atoms with E-state index < -0.39 is 6.10 Å². The van der Waals surface area contributed by atoms with Crippen molar-refractivity contribution in [2.75, 3.05) is 19.6 Å². The van der Waals surface area contributed by atoms with Crippen LogP contribution in [0.1, 0.15) is 24.4 Å². The molecule has 3 atom stereocenters. The van der Waals surface area contributed by atoms with E-state index in [9.17, 15) is 9.90 Å². The van der Waals surface area contributed by atoms with Crippen molar-refractivity contribution in [3.8, 4) is 5.75 Å². The minimum atomic E-state index is -0.577. The quantitative estimate of drug-likeness (QED) is 0.910. The molecular formula is C19H23N3O3. The van der Waals surface area contributed by atoms with Gasteiger partial charge >= 0.3 is 5.69 Å². The molecule has 1 fully saturated rings. The van der Waals surface area contributed by atoms with E-state index in [2.05, 4.69) is 16.0 Å². The smallest absolute Gasteiger partial charge is 0.347 e.